The van der Waals surface area contributed by atoms with E-state index in [4.69, 9.17) is 5.11 Å². The second-order valence-corrected chi connectivity index (χ2v) is 6.36. The van der Waals surface area contributed by atoms with Crippen molar-refractivity contribution in [1.29, 1.82) is 0 Å². The molecule has 1 atom stereocenters. The van der Waals surface area contributed by atoms with Crippen LogP contribution in [0.5, 0.6) is 0 Å². The van der Waals surface area contributed by atoms with Crippen molar-refractivity contribution in [2.24, 2.45) is 0 Å². The first-order valence-corrected chi connectivity index (χ1v) is 7.17. The Morgan fingerprint density at radius 2 is 2.00 bits per heavy atom. The van der Waals surface area contributed by atoms with Gasteiger partial charge in [-0.05, 0) is 32.4 Å². The van der Waals surface area contributed by atoms with E-state index in [-0.39, 0.29) is 24.9 Å². The predicted octanol–water partition coefficient (Wildman–Crippen LogP) is 2.12. The van der Waals surface area contributed by atoms with Gasteiger partial charge in [0.05, 0.1) is 6.42 Å². The summed E-state index contributed by atoms with van der Waals surface area (Å²) in [5.74, 6) is -0.931. The molecule has 1 amide bonds. The molecule has 1 unspecified atom stereocenters. The minimum atomic E-state index is -0.889. The quantitative estimate of drug-likeness (QED) is 0.891. The number of benzene rings is 1. The summed E-state index contributed by atoms with van der Waals surface area (Å²) in [6.07, 6.45) is 0.608. The van der Waals surface area contributed by atoms with Crippen molar-refractivity contribution in [2.75, 3.05) is 11.9 Å². The van der Waals surface area contributed by atoms with Crippen LogP contribution in [0.25, 0.3) is 0 Å². The third kappa shape index (κ3) is 3.54. The van der Waals surface area contributed by atoms with Gasteiger partial charge in [0.2, 0.25) is 5.91 Å². The summed E-state index contributed by atoms with van der Waals surface area (Å²) < 4.78 is 0. The second kappa shape index (κ2) is 5.76. The van der Waals surface area contributed by atoms with Gasteiger partial charge in [-0.1, -0.05) is 18.2 Å². The number of para-hydroxylation sites is 1. The number of carboxylic acids is 1. The first-order chi connectivity index (χ1) is 9.79. The van der Waals surface area contributed by atoms with Crippen LogP contribution in [0.2, 0.25) is 0 Å². The van der Waals surface area contributed by atoms with E-state index in [2.05, 4.69) is 5.32 Å². The zero-order valence-corrected chi connectivity index (χ0v) is 12.7. The van der Waals surface area contributed by atoms with Crippen LogP contribution in [0.1, 0.15) is 32.8 Å². The molecule has 21 heavy (non-hydrogen) atoms. The summed E-state index contributed by atoms with van der Waals surface area (Å²) in [6.45, 7) is 6.00. The molecule has 0 bridgehead atoms. The van der Waals surface area contributed by atoms with E-state index in [1.165, 1.54) is 0 Å². The number of nitrogens with zero attached hydrogens (tertiary/aromatic N) is 1. The van der Waals surface area contributed by atoms with Crippen LogP contribution < -0.4 is 5.32 Å². The van der Waals surface area contributed by atoms with Crippen molar-refractivity contribution in [3.8, 4) is 0 Å². The molecule has 2 N–H and O–H groups in total. The molecule has 5 heteroatoms. The minimum absolute atomic E-state index is 0.0390. The molecule has 0 aromatic heterocycles. The molecule has 0 saturated carbocycles. The first kappa shape index (κ1) is 15.4. The van der Waals surface area contributed by atoms with Gasteiger partial charge < -0.3 is 15.3 Å². The van der Waals surface area contributed by atoms with Crippen LogP contribution >= 0.6 is 0 Å². The van der Waals surface area contributed by atoms with Crippen LogP contribution in [0, 0.1) is 0 Å². The number of carbonyl (C=O) groups is 2. The molecular formula is C16H22N2O3. The molecule has 5 nitrogen and oxygen atoms in total. The molecule has 0 spiro atoms. The number of amides is 1. The van der Waals surface area contributed by atoms with E-state index in [0.717, 1.165) is 11.3 Å². The molecule has 1 aliphatic rings. The Morgan fingerprint density at radius 1 is 1.33 bits per heavy atom. The fraction of sp³-hybridized carbons (Fsp3) is 0.500. The molecule has 1 heterocycles. The van der Waals surface area contributed by atoms with E-state index >= 15 is 0 Å². The van der Waals surface area contributed by atoms with Gasteiger partial charge in [0.15, 0.2) is 0 Å². The number of anilines is 1. The van der Waals surface area contributed by atoms with Crippen molar-refractivity contribution >= 4 is 17.6 Å². The fourth-order valence-electron chi connectivity index (χ4n) is 2.62. The highest BCUT2D eigenvalue weighted by Crippen LogP contribution is 2.27. The lowest BCUT2D eigenvalue weighted by Crippen LogP contribution is -2.52. The lowest BCUT2D eigenvalue weighted by Gasteiger charge is -2.37. The highest BCUT2D eigenvalue weighted by Gasteiger charge is 2.34. The van der Waals surface area contributed by atoms with Gasteiger partial charge in [0.25, 0.3) is 0 Å². The summed E-state index contributed by atoms with van der Waals surface area (Å²) in [6, 6.07) is 7.55. The van der Waals surface area contributed by atoms with Gasteiger partial charge in [-0.3, -0.25) is 9.59 Å². The Hall–Kier alpha value is -2.04. The average molecular weight is 290 g/mol. The number of carbonyl (C=O) groups excluding carboxylic acids is 1. The minimum Gasteiger partial charge on any atom is -0.481 e. The highest BCUT2D eigenvalue weighted by molar-refractivity contribution is 5.88. The van der Waals surface area contributed by atoms with Crippen molar-refractivity contribution < 1.29 is 14.7 Å². The van der Waals surface area contributed by atoms with Gasteiger partial charge in [-0.15, -0.1) is 0 Å². The average Bonchev–Trinajstić information content (AvgIpc) is 2.80. The molecule has 1 aliphatic heterocycles. The molecule has 1 aromatic rings. The molecule has 1 aromatic carbocycles. The molecule has 0 fully saturated rings. The van der Waals surface area contributed by atoms with Gasteiger partial charge in [-0.2, -0.15) is 0 Å². The van der Waals surface area contributed by atoms with E-state index in [1.54, 1.807) is 4.90 Å². The maximum atomic E-state index is 12.7. The number of nitrogens with one attached hydrogen (secondary N) is 1. The van der Waals surface area contributed by atoms with Crippen molar-refractivity contribution in [1.82, 2.24) is 4.90 Å². The summed E-state index contributed by atoms with van der Waals surface area (Å²) in [5, 5.41) is 12.1. The fourth-order valence-corrected chi connectivity index (χ4v) is 2.62. The van der Waals surface area contributed by atoms with Gasteiger partial charge in [0, 0.05) is 24.2 Å². The number of rotatable bonds is 4. The Morgan fingerprint density at radius 3 is 2.57 bits per heavy atom. The third-order valence-electron chi connectivity index (χ3n) is 3.69. The van der Waals surface area contributed by atoms with Crippen LogP contribution in [0.3, 0.4) is 0 Å². The smallest absolute Gasteiger partial charge is 0.305 e. The Bertz CT molecular complexity index is 524. The maximum Gasteiger partial charge on any atom is 0.305 e. The Balaban J connectivity index is 2.11. The van der Waals surface area contributed by atoms with Crippen LogP contribution in [0.15, 0.2) is 24.3 Å². The molecule has 0 aliphatic carbocycles. The van der Waals surface area contributed by atoms with Crippen molar-refractivity contribution in [2.45, 2.75) is 45.2 Å². The number of carboxylic acid groups (broad SMARTS) is 1. The zero-order valence-electron chi connectivity index (χ0n) is 12.7. The number of hydrogen-bond donors (Lipinski definition) is 2. The number of hydrogen-bond acceptors (Lipinski definition) is 3. The van der Waals surface area contributed by atoms with Crippen molar-refractivity contribution in [3.05, 3.63) is 29.8 Å². The van der Waals surface area contributed by atoms with Crippen LogP contribution in [-0.2, 0) is 16.0 Å². The number of fused-ring (bicyclic) bond motifs is 1. The summed E-state index contributed by atoms with van der Waals surface area (Å²) in [5.41, 5.74) is 1.72. The summed E-state index contributed by atoms with van der Waals surface area (Å²) >= 11 is 0. The Kier molecular flexibility index (Phi) is 4.21. The van der Waals surface area contributed by atoms with Crippen LogP contribution in [0.4, 0.5) is 5.69 Å². The lowest BCUT2D eigenvalue weighted by molar-refractivity contribution is -0.141. The predicted molar refractivity (Wildman–Crippen MR) is 81.3 cm³/mol. The molecule has 114 valence electrons. The van der Waals surface area contributed by atoms with Gasteiger partial charge in [-0.25, -0.2) is 0 Å². The third-order valence-corrected chi connectivity index (χ3v) is 3.69. The maximum absolute atomic E-state index is 12.7. The standard InChI is InChI=1S/C16H22N2O3/c1-16(2,3)18(9-8-14(19)20)15(21)13-10-11-6-4-5-7-12(11)17-13/h4-7,13,17H,8-10H2,1-3H3,(H,19,20). The zero-order chi connectivity index (χ0) is 15.6. The summed E-state index contributed by atoms with van der Waals surface area (Å²) in [7, 11) is 0. The van der Waals surface area contributed by atoms with E-state index in [9.17, 15) is 9.59 Å². The Labute approximate surface area is 125 Å². The largest absolute Gasteiger partial charge is 0.481 e. The SMILES string of the molecule is CC(C)(C)N(CCC(=O)O)C(=O)C1Cc2ccccc2N1. The van der Waals surface area contributed by atoms with Crippen LogP contribution in [-0.4, -0.2) is 40.0 Å². The number of aliphatic carboxylic acids is 1. The molecule has 2 rings (SSSR count). The molecule has 0 saturated heterocycles. The van der Waals surface area contributed by atoms with Crippen molar-refractivity contribution in [3.63, 3.8) is 0 Å². The monoisotopic (exact) mass is 290 g/mol. The normalized spacial score (nSPS) is 17.0. The van der Waals surface area contributed by atoms with Gasteiger partial charge >= 0.3 is 5.97 Å². The van der Waals surface area contributed by atoms with E-state index in [1.807, 2.05) is 45.0 Å². The molecular weight excluding hydrogens is 268 g/mol. The highest BCUT2D eigenvalue weighted by atomic mass is 16.4. The molecule has 0 radical (unpaired) electrons. The summed E-state index contributed by atoms with van der Waals surface area (Å²) in [4.78, 5) is 25.2. The van der Waals surface area contributed by atoms with Gasteiger partial charge in [0.1, 0.15) is 6.04 Å². The lowest BCUT2D eigenvalue weighted by atomic mass is 10.0. The second-order valence-electron chi connectivity index (χ2n) is 6.36. The topological polar surface area (TPSA) is 69.6 Å². The van der Waals surface area contributed by atoms with E-state index < -0.39 is 11.5 Å². The first-order valence-electron chi connectivity index (χ1n) is 7.17. The van der Waals surface area contributed by atoms with E-state index in [0.29, 0.717) is 6.42 Å².